The molecule has 1 aromatic carbocycles. The largest absolute Gasteiger partial charge is 0.494 e. The number of aryl methyl sites for hydroxylation is 1. The first-order valence-corrected chi connectivity index (χ1v) is 12.1. The van der Waals surface area contributed by atoms with E-state index in [0.717, 1.165) is 0 Å². The van der Waals surface area contributed by atoms with Crippen LogP contribution in [0.15, 0.2) is 29.4 Å². The fourth-order valence-electron chi connectivity index (χ4n) is 3.92. The predicted molar refractivity (Wildman–Crippen MR) is 133 cm³/mol. The van der Waals surface area contributed by atoms with E-state index >= 15 is 0 Å². The van der Waals surface area contributed by atoms with E-state index in [1.54, 1.807) is 33.2 Å². The molecule has 2 aromatic rings. The average molecular weight is 531 g/mol. The number of carbonyl (C=O) groups excluding carboxylic acids is 2. The molecule has 4 rings (SSSR count). The fraction of sp³-hybridized carbons (Fsp3) is 0.480. The molecule has 0 radical (unpaired) electrons. The summed E-state index contributed by atoms with van der Waals surface area (Å²) in [7, 11) is 4.71. The number of methoxy groups -OCH3 is 1. The molecule has 3 heterocycles. The van der Waals surface area contributed by atoms with Crippen molar-refractivity contribution in [3.05, 3.63) is 52.9 Å². The maximum atomic E-state index is 13.6. The Bertz CT molecular complexity index is 1200. The molecule has 2 aliphatic heterocycles. The number of rotatable bonds is 8. The Morgan fingerprint density at radius 2 is 1.95 bits per heavy atom. The molecular formula is C25H31FN6O6. The summed E-state index contributed by atoms with van der Waals surface area (Å²) in [6, 6.07) is 5.73. The molecule has 0 bridgehead atoms. The van der Waals surface area contributed by atoms with Gasteiger partial charge in [0.1, 0.15) is 23.3 Å². The highest BCUT2D eigenvalue weighted by Crippen LogP contribution is 2.23. The third-order valence-electron chi connectivity index (χ3n) is 6.02. The van der Waals surface area contributed by atoms with Crippen LogP contribution in [0.1, 0.15) is 34.0 Å². The number of hydrogen-bond donors (Lipinski definition) is 2. The van der Waals surface area contributed by atoms with Crippen LogP contribution in [0.2, 0.25) is 0 Å². The average Bonchev–Trinajstić information content (AvgIpc) is 3.41. The SMILES string of the molecule is COc1cc(CNC(=O)c2cc(C3=NOC(C4COC(CNC(=O)N(C)C)CO4)C3)nc(C)n2)ccc1F. The van der Waals surface area contributed by atoms with E-state index < -0.39 is 11.7 Å². The minimum absolute atomic E-state index is 0.102. The smallest absolute Gasteiger partial charge is 0.316 e. The van der Waals surface area contributed by atoms with Crippen LogP contribution >= 0.6 is 0 Å². The Morgan fingerprint density at radius 3 is 2.66 bits per heavy atom. The van der Waals surface area contributed by atoms with Crippen molar-refractivity contribution in [2.24, 2.45) is 5.16 Å². The fourth-order valence-corrected chi connectivity index (χ4v) is 3.92. The van der Waals surface area contributed by atoms with E-state index in [-0.39, 0.29) is 42.3 Å². The van der Waals surface area contributed by atoms with Crippen LogP contribution in [0.3, 0.4) is 0 Å². The summed E-state index contributed by atoms with van der Waals surface area (Å²) in [4.78, 5) is 40.2. The van der Waals surface area contributed by atoms with Crippen molar-refractivity contribution in [2.75, 3.05) is 41.0 Å². The summed E-state index contributed by atoms with van der Waals surface area (Å²) in [6.07, 6.45) is -0.541. The molecule has 1 saturated heterocycles. The molecule has 2 N–H and O–H groups in total. The molecule has 12 nitrogen and oxygen atoms in total. The Labute approximate surface area is 219 Å². The molecule has 13 heteroatoms. The van der Waals surface area contributed by atoms with Crippen LogP contribution in [-0.2, 0) is 20.9 Å². The molecule has 3 amide bonds. The Balaban J connectivity index is 1.31. The molecular weight excluding hydrogens is 499 g/mol. The normalized spacial score (nSPS) is 20.8. The molecule has 204 valence electrons. The maximum Gasteiger partial charge on any atom is 0.316 e. The zero-order valence-corrected chi connectivity index (χ0v) is 21.7. The highest BCUT2D eigenvalue weighted by Gasteiger charge is 2.35. The molecule has 1 aromatic heterocycles. The van der Waals surface area contributed by atoms with Crippen LogP contribution in [0.4, 0.5) is 9.18 Å². The first kappa shape index (κ1) is 27.2. The first-order chi connectivity index (χ1) is 18.2. The van der Waals surface area contributed by atoms with Gasteiger partial charge in [0.25, 0.3) is 5.91 Å². The van der Waals surface area contributed by atoms with Gasteiger partial charge < -0.3 is 34.6 Å². The van der Waals surface area contributed by atoms with Crippen molar-refractivity contribution in [3.8, 4) is 5.75 Å². The van der Waals surface area contributed by atoms with Gasteiger partial charge in [-0.3, -0.25) is 4.79 Å². The van der Waals surface area contributed by atoms with E-state index in [1.165, 1.54) is 24.1 Å². The monoisotopic (exact) mass is 530 g/mol. The van der Waals surface area contributed by atoms with Crippen molar-refractivity contribution >= 4 is 17.6 Å². The van der Waals surface area contributed by atoms with Crippen molar-refractivity contribution in [2.45, 2.75) is 38.2 Å². The lowest BCUT2D eigenvalue weighted by Crippen LogP contribution is -2.48. The number of aromatic nitrogens is 2. The van der Waals surface area contributed by atoms with Crippen LogP contribution in [0, 0.1) is 12.7 Å². The van der Waals surface area contributed by atoms with Crippen molar-refractivity contribution in [3.63, 3.8) is 0 Å². The summed E-state index contributed by atoms with van der Waals surface area (Å²) in [6.45, 7) is 2.80. The number of hydrogen-bond acceptors (Lipinski definition) is 9. The van der Waals surface area contributed by atoms with E-state index in [1.807, 2.05) is 0 Å². The molecule has 0 aliphatic carbocycles. The number of amides is 3. The van der Waals surface area contributed by atoms with E-state index in [0.29, 0.717) is 49.0 Å². The second-order valence-corrected chi connectivity index (χ2v) is 9.13. The van der Waals surface area contributed by atoms with Crippen molar-refractivity contribution in [1.82, 2.24) is 25.5 Å². The summed E-state index contributed by atoms with van der Waals surface area (Å²) in [5.74, 6) is -0.380. The Kier molecular flexibility index (Phi) is 8.69. The van der Waals surface area contributed by atoms with Gasteiger partial charge in [-0.25, -0.2) is 19.2 Å². The van der Waals surface area contributed by atoms with Gasteiger partial charge in [0.05, 0.1) is 32.1 Å². The zero-order valence-electron chi connectivity index (χ0n) is 21.7. The van der Waals surface area contributed by atoms with Gasteiger partial charge in [-0.1, -0.05) is 11.2 Å². The van der Waals surface area contributed by atoms with Gasteiger partial charge >= 0.3 is 6.03 Å². The summed E-state index contributed by atoms with van der Waals surface area (Å²) in [5, 5.41) is 9.72. The van der Waals surface area contributed by atoms with Crippen LogP contribution in [0.5, 0.6) is 5.75 Å². The molecule has 1 fully saturated rings. The molecule has 3 atom stereocenters. The number of halogens is 1. The highest BCUT2D eigenvalue weighted by molar-refractivity contribution is 6.02. The molecule has 38 heavy (non-hydrogen) atoms. The number of oxime groups is 1. The van der Waals surface area contributed by atoms with Gasteiger partial charge in [-0.05, 0) is 30.7 Å². The summed E-state index contributed by atoms with van der Waals surface area (Å²) >= 11 is 0. The van der Waals surface area contributed by atoms with Gasteiger partial charge in [-0.15, -0.1) is 0 Å². The van der Waals surface area contributed by atoms with Crippen LogP contribution < -0.4 is 15.4 Å². The number of urea groups is 1. The second kappa shape index (κ2) is 12.1. The third kappa shape index (κ3) is 6.72. The summed E-state index contributed by atoms with van der Waals surface area (Å²) < 4.78 is 30.4. The van der Waals surface area contributed by atoms with E-state index in [4.69, 9.17) is 19.0 Å². The van der Waals surface area contributed by atoms with Gasteiger partial charge in [0.2, 0.25) is 0 Å². The second-order valence-electron chi connectivity index (χ2n) is 9.13. The predicted octanol–water partition coefficient (Wildman–Crippen LogP) is 1.41. The van der Waals surface area contributed by atoms with Crippen LogP contribution in [-0.4, -0.2) is 91.8 Å². The number of nitrogens with zero attached hydrogens (tertiary/aromatic N) is 4. The van der Waals surface area contributed by atoms with Gasteiger partial charge in [-0.2, -0.15) is 0 Å². The third-order valence-corrected chi connectivity index (χ3v) is 6.02. The van der Waals surface area contributed by atoms with Gasteiger partial charge in [0, 0.05) is 33.6 Å². The lowest BCUT2D eigenvalue weighted by atomic mass is 10.0. The highest BCUT2D eigenvalue weighted by atomic mass is 19.1. The Hall–Kier alpha value is -3.84. The van der Waals surface area contributed by atoms with Crippen molar-refractivity contribution in [1.29, 1.82) is 0 Å². The molecule has 0 spiro atoms. The number of carbonyl (C=O) groups is 2. The topological polar surface area (TPSA) is 136 Å². The maximum absolute atomic E-state index is 13.6. The van der Waals surface area contributed by atoms with E-state index in [2.05, 4.69) is 25.8 Å². The summed E-state index contributed by atoms with van der Waals surface area (Å²) in [5.41, 5.74) is 1.90. The lowest BCUT2D eigenvalue weighted by Gasteiger charge is -2.31. The van der Waals surface area contributed by atoms with E-state index in [9.17, 15) is 14.0 Å². The molecule has 0 saturated carbocycles. The number of nitrogens with one attached hydrogen (secondary N) is 2. The Morgan fingerprint density at radius 1 is 1.13 bits per heavy atom. The number of ether oxygens (including phenoxy) is 3. The molecule has 2 aliphatic rings. The molecule has 3 unspecified atom stereocenters. The van der Waals surface area contributed by atoms with Crippen LogP contribution in [0.25, 0.3) is 0 Å². The number of benzene rings is 1. The van der Waals surface area contributed by atoms with Gasteiger partial charge in [0.15, 0.2) is 17.7 Å². The lowest BCUT2D eigenvalue weighted by molar-refractivity contribution is -0.169. The minimum Gasteiger partial charge on any atom is -0.494 e. The quantitative estimate of drug-likeness (QED) is 0.523. The first-order valence-electron chi connectivity index (χ1n) is 12.1. The van der Waals surface area contributed by atoms with Crippen molar-refractivity contribution < 1.29 is 33.0 Å². The minimum atomic E-state index is -0.477. The zero-order chi connectivity index (χ0) is 27.2. The standard InChI is InChI=1S/C25H31FN6O6/c1-14-29-18(8-20(30-14)24(33)27-10-15-5-6-17(26)21(7-15)35-4)19-9-22(38-31-19)23-13-36-16(12-37-23)11-28-25(34)32(2)3/h5-8,16,22-23H,9-13H2,1-4H3,(H,27,33)(H,28,34).